The number of nitrogens with zero attached hydrogens (tertiary/aromatic N) is 2. The van der Waals surface area contributed by atoms with E-state index in [0.717, 1.165) is 37.1 Å². The molecule has 1 aliphatic rings. The number of likely N-dealkylation sites (tertiary alicyclic amines) is 1. The largest absolute Gasteiger partial charge is 0.306 e. The molecule has 0 spiro atoms. The number of rotatable bonds is 6. The maximum Gasteiger partial charge on any atom is 0.196 e. The summed E-state index contributed by atoms with van der Waals surface area (Å²) in [4.78, 5) is 2.30. The molecule has 6 heteroatoms. The Morgan fingerprint density at radius 2 is 1.34 bits per heavy atom. The van der Waals surface area contributed by atoms with Crippen LogP contribution in [0.5, 0.6) is 0 Å². The van der Waals surface area contributed by atoms with Crippen LogP contribution in [0.15, 0.2) is 72.3 Å². The molecule has 0 saturated carbocycles. The van der Waals surface area contributed by atoms with Crippen LogP contribution in [0.2, 0.25) is 0 Å². The van der Waals surface area contributed by atoms with Crippen molar-refractivity contribution in [2.24, 2.45) is 0 Å². The monoisotopic (exact) mass is 448 g/mol. The van der Waals surface area contributed by atoms with Gasteiger partial charge in [0.15, 0.2) is 7.29 Å². The summed E-state index contributed by atoms with van der Waals surface area (Å²) in [5, 5.41) is 0.949. The van der Waals surface area contributed by atoms with Gasteiger partial charge in [0.05, 0.1) is 10.1 Å². The van der Waals surface area contributed by atoms with Crippen molar-refractivity contribution in [1.82, 2.24) is 9.57 Å². The van der Waals surface area contributed by atoms with Crippen LogP contribution in [0.3, 0.4) is 0 Å². The van der Waals surface area contributed by atoms with Gasteiger partial charge in [-0.1, -0.05) is 83.9 Å². The predicted octanol–water partition coefficient (Wildman–Crippen LogP) is 6.77. The third-order valence-corrected chi connectivity index (χ3v) is 8.93. The zero-order chi connectivity index (χ0) is 20.9. The predicted molar refractivity (Wildman–Crippen MR) is 126 cm³/mol. The Labute approximate surface area is 184 Å². The first-order valence-electron chi connectivity index (χ1n) is 9.78. The van der Waals surface area contributed by atoms with E-state index < -0.39 is 7.29 Å². The van der Waals surface area contributed by atoms with Gasteiger partial charge < -0.3 is 4.90 Å². The SMILES string of the molecule is CN1CCC(N(C)P(=O)(C=C(Cl)c2ccccc2)C=C(Cl)c2ccccc2)CC1. The Morgan fingerprint density at radius 1 is 0.931 bits per heavy atom. The lowest BCUT2D eigenvalue weighted by Crippen LogP contribution is -2.40. The first-order chi connectivity index (χ1) is 13.9. The second kappa shape index (κ2) is 10.1. The van der Waals surface area contributed by atoms with E-state index in [0.29, 0.717) is 10.1 Å². The second-order valence-corrected chi connectivity index (χ2v) is 10.8. The molecule has 0 aliphatic carbocycles. The minimum Gasteiger partial charge on any atom is -0.306 e. The van der Waals surface area contributed by atoms with Crippen LogP contribution in [0, 0.1) is 0 Å². The standard InChI is InChI=1S/C23H27Cl2N2OP/c1-26-15-13-21(14-16-26)27(2)29(28,17-22(24)19-9-5-3-6-10-19)18-23(25)20-11-7-4-8-12-20/h3-12,17-18,21H,13-16H2,1-2H3. The molecule has 154 valence electrons. The Balaban J connectivity index is 1.99. The zero-order valence-corrected chi connectivity index (χ0v) is 19.2. The lowest BCUT2D eigenvalue weighted by atomic mass is 10.1. The number of halogens is 2. The molecule has 0 aromatic heterocycles. The van der Waals surface area contributed by atoms with E-state index in [-0.39, 0.29) is 6.04 Å². The van der Waals surface area contributed by atoms with Gasteiger partial charge in [-0.05, 0) is 51.2 Å². The van der Waals surface area contributed by atoms with Crippen molar-refractivity contribution >= 4 is 40.6 Å². The molecule has 1 fully saturated rings. The molecule has 3 nitrogen and oxygen atoms in total. The van der Waals surface area contributed by atoms with Crippen molar-refractivity contribution in [3.05, 3.63) is 83.4 Å². The van der Waals surface area contributed by atoms with Gasteiger partial charge in [-0.3, -0.25) is 4.57 Å². The highest BCUT2D eigenvalue weighted by Gasteiger charge is 2.32. The molecular weight excluding hydrogens is 422 g/mol. The third-order valence-electron chi connectivity index (χ3n) is 5.41. The molecule has 0 bridgehead atoms. The van der Waals surface area contributed by atoms with Crippen LogP contribution in [0.1, 0.15) is 24.0 Å². The number of benzene rings is 2. The quantitative estimate of drug-likeness (QED) is 0.455. The summed E-state index contributed by atoms with van der Waals surface area (Å²) in [5.74, 6) is 3.38. The Bertz CT molecular complexity index is 847. The molecule has 0 unspecified atom stereocenters. The van der Waals surface area contributed by atoms with Crippen molar-refractivity contribution in [1.29, 1.82) is 0 Å². The highest BCUT2D eigenvalue weighted by Crippen LogP contribution is 2.57. The first-order valence-corrected chi connectivity index (χ1v) is 12.3. The Hall–Kier alpha value is -1.35. The van der Waals surface area contributed by atoms with Crippen LogP contribution in [-0.4, -0.2) is 42.8 Å². The molecule has 0 N–H and O–H groups in total. The van der Waals surface area contributed by atoms with E-state index in [1.807, 2.05) is 72.4 Å². The molecule has 29 heavy (non-hydrogen) atoms. The maximum absolute atomic E-state index is 14.3. The Morgan fingerprint density at radius 3 is 1.76 bits per heavy atom. The second-order valence-electron chi connectivity index (χ2n) is 7.47. The van der Waals surface area contributed by atoms with Crippen LogP contribution in [0.25, 0.3) is 10.1 Å². The van der Waals surface area contributed by atoms with Crippen molar-refractivity contribution in [2.75, 3.05) is 27.2 Å². The summed E-state index contributed by atoms with van der Waals surface area (Å²) in [6, 6.07) is 19.4. The van der Waals surface area contributed by atoms with Gasteiger partial charge in [0.1, 0.15) is 0 Å². The van der Waals surface area contributed by atoms with E-state index >= 15 is 0 Å². The lowest BCUT2D eigenvalue weighted by molar-refractivity contribution is 0.198. The highest BCUT2D eigenvalue weighted by molar-refractivity contribution is 7.68. The summed E-state index contributed by atoms with van der Waals surface area (Å²) in [6.07, 6.45) is 1.93. The van der Waals surface area contributed by atoms with Crippen molar-refractivity contribution < 1.29 is 4.57 Å². The van der Waals surface area contributed by atoms with Gasteiger partial charge in [-0.15, -0.1) is 0 Å². The molecule has 0 radical (unpaired) electrons. The molecule has 1 saturated heterocycles. The van der Waals surface area contributed by atoms with Gasteiger partial charge >= 0.3 is 0 Å². The lowest BCUT2D eigenvalue weighted by Gasteiger charge is -2.37. The van der Waals surface area contributed by atoms with Gasteiger partial charge in [0.25, 0.3) is 0 Å². The van der Waals surface area contributed by atoms with Crippen LogP contribution >= 0.6 is 30.5 Å². The van der Waals surface area contributed by atoms with Gasteiger partial charge in [-0.25, -0.2) is 4.67 Å². The molecule has 2 aromatic rings. The molecule has 3 rings (SSSR count). The van der Waals surface area contributed by atoms with E-state index in [1.54, 1.807) is 11.6 Å². The van der Waals surface area contributed by atoms with Crippen molar-refractivity contribution in [3.63, 3.8) is 0 Å². The number of piperidine rings is 1. The fourth-order valence-electron chi connectivity index (χ4n) is 3.51. The molecule has 2 aromatic carbocycles. The van der Waals surface area contributed by atoms with Crippen LogP contribution in [0.4, 0.5) is 0 Å². The summed E-state index contributed by atoms with van der Waals surface area (Å²) in [7, 11) is 0.929. The summed E-state index contributed by atoms with van der Waals surface area (Å²) in [6.45, 7) is 1.97. The molecule has 0 amide bonds. The van der Waals surface area contributed by atoms with E-state index in [4.69, 9.17) is 23.2 Å². The van der Waals surface area contributed by atoms with Gasteiger partial charge in [0, 0.05) is 17.7 Å². The molecule has 0 atom stereocenters. The van der Waals surface area contributed by atoms with Crippen LogP contribution < -0.4 is 0 Å². The minimum atomic E-state index is -3.11. The molecular formula is C23H27Cl2N2OP. The Kier molecular flexibility index (Phi) is 7.79. The van der Waals surface area contributed by atoms with Crippen molar-refractivity contribution in [3.8, 4) is 0 Å². The zero-order valence-electron chi connectivity index (χ0n) is 16.8. The summed E-state index contributed by atoms with van der Waals surface area (Å²) >= 11 is 13.2. The van der Waals surface area contributed by atoms with Gasteiger partial charge in [-0.2, -0.15) is 0 Å². The fourth-order valence-corrected chi connectivity index (χ4v) is 6.73. The third kappa shape index (κ3) is 5.84. The van der Waals surface area contributed by atoms with E-state index in [1.165, 1.54) is 0 Å². The molecule has 1 heterocycles. The summed E-state index contributed by atoms with van der Waals surface area (Å²) in [5.41, 5.74) is 1.69. The average molecular weight is 449 g/mol. The van der Waals surface area contributed by atoms with Crippen molar-refractivity contribution in [2.45, 2.75) is 18.9 Å². The maximum atomic E-state index is 14.3. The minimum absolute atomic E-state index is 0.213. The summed E-state index contributed by atoms with van der Waals surface area (Å²) < 4.78 is 16.2. The highest BCUT2D eigenvalue weighted by atomic mass is 35.5. The van der Waals surface area contributed by atoms with E-state index in [9.17, 15) is 4.57 Å². The first kappa shape index (κ1) is 22.3. The topological polar surface area (TPSA) is 23.6 Å². The van der Waals surface area contributed by atoms with E-state index in [2.05, 4.69) is 11.9 Å². The van der Waals surface area contributed by atoms with Gasteiger partial charge in [0.2, 0.25) is 0 Å². The smallest absolute Gasteiger partial charge is 0.196 e. The molecule has 1 aliphatic heterocycles. The number of hydrogen-bond acceptors (Lipinski definition) is 2. The van der Waals surface area contributed by atoms with Crippen LogP contribution in [-0.2, 0) is 4.57 Å². The number of hydrogen-bond donors (Lipinski definition) is 0. The fraction of sp³-hybridized carbons (Fsp3) is 0.304. The average Bonchev–Trinajstić information content (AvgIpc) is 2.75. The normalized spacial score (nSPS) is 19.3.